The lowest BCUT2D eigenvalue weighted by atomic mass is 10.1. The van der Waals surface area contributed by atoms with Gasteiger partial charge in [0.15, 0.2) is 11.7 Å². The fraction of sp³-hybridized carbons (Fsp3) is 0.0769. The number of allylic oxidation sites excluding steroid dienone is 2. The van der Waals surface area contributed by atoms with Gasteiger partial charge in [0.1, 0.15) is 10.4 Å². The van der Waals surface area contributed by atoms with Gasteiger partial charge in [-0.05, 0) is 0 Å². The van der Waals surface area contributed by atoms with Crippen molar-refractivity contribution < 1.29 is 18.7 Å². The number of hydrogen-bond acceptors (Lipinski definition) is 3. The number of carboxylic acids is 1. The highest BCUT2D eigenvalue weighted by Crippen LogP contribution is 2.39. The Morgan fingerprint density at radius 1 is 1.30 bits per heavy atom. The molecule has 0 aromatic carbocycles. The van der Waals surface area contributed by atoms with Crippen LogP contribution in [0, 0.1) is 0 Å². The molecule has 0 atom stereocenters. The lowest BCUT2D eigenvalue weighted by Crippen LogP contribution is -2.46. The van der Waals surface area contributed by atoms with Crippen molar-refractivity contribution in [1.29, 1.82) is 0 Å². The quantitative estimate of drug-likeness (QED) is 0.851. The molecule has 0 aliphatic heterocycles. The molecule has 2 aliphatic carbocycles. The summed E-state index contributed by atoms with van der Waals surface area (Å²) in [7, 11) is 0. The third-order valence-electron chi connectivity index (χ3n) is 3.63. The molecular formula is C13H5F2NO3S. The molecule has 0 spiro atoms. The van der Waals surface area contributed by atoms with E-state index in [4.69, 9.17) is 0 Å². The SMILES string of the molecule is O=C(O)c1c(=O)c2c(n3ccsc13)=C1CC=2C(F)=C1F. The molecule has 2 bridgehead atoms. The Labute approximate surface area is 113 Å². The van der Waals surface area contributed by atoms with Crippen molar-refractivity contribution in [2.24, 2.45) is 0 Å². The molecule has 2 aliphatic rings. The molecule has 0 unspecified atom stereocenters. The Bertz CT molecular complexity index is 1040. The van der Waals surface area contributed by atoms with E-state index < -0.39 is 28.6 Å². The van der Waals surface area contributed by atoms with Crippen LogP contribution in [0.5, 0.6) is 0 Å². The predicted octanol–water partition coefficient (Wildman–Crippen LogP) is 0.929. The summed E-state index contributed by atoms with van der Waals surface area (Å²) in [6.45, 7) is 0. The number of rotatable bonds is 1. The Morgan fingerprint density at radius 3 is 2.70 bits per heavy atom. The maximum absolute atomic E-state index is 13.7. The molecule has 0 radical (unpaired) electrons. The van der Waals surface area contributed by atoms with Crippen molar-refractivity contribution >= 4 is 33.3 Å². The molecule has 100 valence electrons. The number of aromatic nitrogens is 1. The first-order valence-electron chi connectivity index (χ1n) is 5.70. The normalized spacial score (nSPS) is 16.5. The fourth-order valence-corrected chi connectivity index (χ4v) is 3.71. The number of thiazole rings is 1. The van der Waals surface area contributed by atoms with E-state index in [-0.39, 0.29) is 33.0 Å². The summed E-state index contributed by atoms with van der Waals surface area (Å²) in [6.07, 6.45) is 1.56. The van der Waals surface area contributed by atoms with E-state index in [0.29, 0.717) is 0 Å². The van der Waals surface area contributed by atoms with Crippen molar-refractivity contribution in [3.8, 4) is 0 Å². The lowest BCUT2D eigenvalue weighted by molar-refractivity contribution is 0.0697. The molecule has 20 heavy (non-hydrogen) atoms. The molecular weight excluding hydrogens is 288 g/mol. The van der Waals surface area contributed by atoms with Crippen LogP contribution < -0.4 is 16.0 Å². The third kappa shape index (κ3) is 1.10. The van der Waals surface area contributed by atoms with Gasteiger partial charge in [0.05, 0.1) is 10.6 Å². The maximum Gasteiger partial charge on any atom is 0.342 e. The Kier molecular flexibility index (Phi) is 1.98. The van der Waals surface area contributed by atoms with E-state index in [1.807, 2.05) is 0 Å². The zero-order valence-corrected chi connectivity index (χ0v) is 10.6. The van der Waals surface area contributed by atoms with Gasteiger partial charge in [-0.3, -0.25) is 4.79 Å². The van der Waals surface area contributed by atoms with Crippen LogP contribution in [0.3, 0.4) is 0 Å². The summed E-state index contributed by atoms with van der Waals surface area (Å²) in [5.41, 5.74) is -1.06. The second kappa shape index (κ2) is 3.43. The smallest absolute Gasteiger partial charge is 0.342 e. The van der Waals surface area contributed by atoms with Crippen molar-refractivity contribution in [2.75, 3.05) is 0 Å². The van der Waals surface area contributed by atoms with E-state index in [1.165, 1.54) is 4.40 Å². The zero-order valence-electron chi connectivity index (χ0n) is 9.74. The van der Waals surface area contributed by atoms with Gasteiger partial charge in [0.25, 0.3) is 0 Å². The molecule has 4 rings (SSSR count). The molecule has 2 aromatic rings. The van der Waals surface area contributed by atoms with Gasteiger partial charge >= 0.3 is 5.97 Å². The molecule has 0 fully saturated rings. The average molecular weight is 293 g/mol. The van der Waals surface area contributed by atoms with Gasteiger partial charge in [-0.25, -0.2) is 13.6 Å². The standard InChI is InChI=1S/C13H5F2NO3S/c14-8-4-3-5(9(8)15)10-6(4)11(17)7(13(18)19)12-16(10)1-2-20-12/h1-2H,3H2,(H,18,19). The zero-order chi connectivity index (χ0) is 14.2. The van der Waals surface area contributed by atoms with Crippen molar-refractivity contribution in [3.63, 3.8) is 0 Å². The summed E-state index contributed by atoms with van der Waals surface area (Å²) >= 11 is 1.08. The Morgan fingerprint density at radius 2 is 2.00 bits per heavy atom. The number of fused-ring (bicyclic) bond motifs is 5. The molecule has 0 saturated heterocycles. The number of aromatic carboxylic acids is 1. The number of halogens is 2. The highest BCUT2D eigenvalue weighted by Gasteiger charge is 2.35. The molecule has 0 saturated carbocycles. The predicted molar refractivity (Wildman–Crippen MR) is 68.4 cm³/mol. The highest BCUT2D eigenvalue weighted by atomic mass is 32.1. The average Bonchev–Trinajstić information content (AvgIpc) is 3.05. The topological polar surface area (TPSA) is 58.8 Å². The summed E-state index contributed by atoms with van der Waals surface area (Å²) in [5.74, 6) is -3.36. The first kappa shape index (κ1) is 11.5. The van der Waals surface area contributed by atoms with Gasteiger partial charge in [0.2, 0.25) is 5.43 Å². The summed E-state index contributed by atoms with van der Waals surface area (Å²) < 4.78 is 28.9. The molecule has 2 heterocycles. The minimum absolute atomic E-state index is 0.00323. The monoisotopic (exact) mass is 293 g/mol. The highest BCUT2D eigenvalue weighted by molar-refractivity contribution is 7.15. The number of nitrogens with zero attached hydrogens (tertiary/aromatic N) is 1. The fourth-order valence-electron chi connectivity index (χ4n) is 2.83. The number of carboxylic acid groups (broad SMARTS) is 1. The van der Waals surface area contributed by atoms with E-state index in [9.17, 15) is 23.5 Å². The van der Waals surface area contributed by atoms with Crippen LogP contribution in [0.1, 0.15) is 16.8 Å². The molecule has 0 amide bonds. The van der Waals surface area contributed by atoms with E-state index in [0.717, 1.165) is 11.3 Å². The third-order valence-corrected chi connectivity index (χ3v) is 4.51. The van der Waals surface area contributed by atoms with Gasteiger partial charge in [-0.1, -0.05) is 0 Å². The maximum atomic E-state index is 13.7. The Hall–Kier alpha value is -2.28. The van der Waals surface area contributed by atoms with Gasteiger partial charge in [-0.15, -0.1) is 11.3 Å². The minimum Gasteiger partial charge on any atom is -0.477 e. The van der Waals surface area contributed by atoms with Crippen molar-refractivity contribution in [1.82, 2.24) is 4.40 Å². The molecule has 2 aromatic heterocycles. The second-order valence-electron chi connectivity index (χ2n) is 4.57. The lowest BCUT2D eigenvalue weighted by Gasteiger charge is -2.04. The number of hydrogen-bond donors (Lipinski definition) is 1. The van der Waals surface area contributed by atoms with Gasteiger partial charge in [0, 0.05) is 29.1 Å². The summed E-state index contributed by atoms with van der Waals surface area (Å²) in [4.78, 5) is 23.8. The van der Waals surface area contributed by atoms with Crippen molar-refractivity contribution in [3.05, 3.63) is 49.6 Å². The number of carbonyl (C=O) groups is 1. The van der Waals surface area contributed by atoms with Gasteiger partial charge < -0.3 is 9.51 Å². The Balaban J connectivity index is 2.42. The van der Waals surface area contributed by atoms with Gasteiger partial charge in [-0.2, -0.15) is 0 Å². The van der Waals surface area contributed by atoms with Crippen LogP contribution in [0.25, 0.3) is 16.0 Å². The van der Waals surface area contributed by atoms with E-state index >= 15 is 0 Å². The summed E-state index contributed by atoms with van der Waals surface area (Å²) in [6, 6.07) is 0. The van der Waals surface area contributed by atoms with Crippen LogP contribution in [-0.2, 0) is 0 Å². The van der Waals surface area contributed by atoms with E-state index in [2.05, 4.69) is 0 Å². The first-order chi connectivity index (χ1) is 9.52. The van der Waals surface area contributed by atoms with E-state index in [1.54, 1.807) is 11.6 Å². The molecule has 1 N–H and O–H groups in total. The van der Waals surface area contributed by atoms with Crippen LogP contribution in [-0.4, -0.2) is 15.5 Å². The molecule has 4 nitrogen and oxygen atoms in total. The van der Waals surface area contributed by atoms with Crippen LogP contribution in [0.15, 0.2) is 28.0 Å². The van der Waals surface area contributed by atoms with Crippen molar-refractivity contribution in [2.45, 2.75) is 6.42 Å². The molecule has 7 heteroatoms. The largest absolute Gasteiger partial charge is 0.477 e. The second-order valence-corrected chi connectivity index (χ2v) is 5.47. The van der Waals surface area contributed by atoms with Crippen LogP contribution >= 0.6 is 11.3 Å². The number of pyridine rings is 1. The first-order valence-corrected chi connectivity index (χ1v) is 6.58. The van der Waals surface area contributed by atoms with Crippen LogP contribution in [0.2, 0.25) is 0 Å². The summed E-state index contributed by atoms with van der Waals surface area (Å²) in [5, 5.41) is 11.1. The minimum atomic E-state index is -1.36. The van der Waals surface area contributed by atoms with Crippen LogP contribution in [0.4, 0.5) is 8.78 Å².